The molecule has 0 saturated heterocycles. The topological polar surface area (TPSA) is 77.4 Å². The Labute approximate surface area is 115 Å². The molecule has 0 radical (unpaired) electrons. The van der Waals surface area contributed by atoms with E-state index in [1.165, 1.54) is 14.2 Å². The van der Waals surface area contributed by atoms with Crippen LogP contribution in [0.3, 0.4) is 0 Å². The fourth-order valence-corrected chi connectivity index (χ4v) is 1.89. The third-order valence-corrected chi connectivity index (χ3v) is 2.81. The molecule has 0 aliphatic heterocycles. The second kappa shape index (κ2) is 5.71. The van der Waals surface area contributed by atoms with Gasteiger partial charge in [0.25, 0.3) is 0 Å². The fourth-order valence-electron chi connectivity index (χ4n) is 1.67. The van der Waals surface area contributed by atoms with Gasteiger partial charge in [0.2, 0.25) is 0 Å². The zero-order valence-electron chi connectivity index (χ0n) is 10.4. The number of ether oxygens (including phenoxy) is 2. The summed E-state index contributed by atoms with van der Waals surface area (Å²) >= 11 is 5.88. The van der Waals surface area contributed by atoms with Crippen LogP contribution in [0.15, 0.2) is 18.2 Å². The van der Waals surface area contributed by atoms with Crippen LogP contribution in [0.4, 0.5) is 0 Å². The fraction of sp³-hybridized carbons (Fsp3) is 0.250. The van der Waals surface area contributed by atoms with E-state index >= 15 is 0 Å². The molecule has 0 unspecified atom stereocenters. The lowest BCUT2D eigenvalue weighted by Crippen LogP contribution is -2.02. The Kier molecular flexibility index (Phi) is 4.01. The number of aromatic nitrogens is 3. The van der Waals surface area contributed by atoms with Crippen LogP contribution in [-0.4, -0.2) is 34.7 Å². The Morgan fingerprint density at radius 1 is 1.21 bits per heavy atom. The first-order chi connectivity index (χ1) is 9.15. The molecule has 0 amide bonds. The largest absolute Gasteiger partial charge is 0.504 e. The van der Waals surface area contributed by atoms with Crippen LogP contribution >= 0.6 is 11.6 Å². The molecule has 0 aliphatic rings. The molecule has 7 heteroatoms. The van der Waals surface area contributed by atoms with Crippen molar-refractivity contribution in [3.63, 3.8) is 0 Å². The second-order valence-electron chi connectivity index (χ2n) is 3.74. The summed E-state index contributed by atoms with van der Waals surface area (Å²) in [4.78, 5) is 0. The minimum Gasteiger partial charge on any atom is -0.504 e. The predicted octanol–water partition coefficient (Wildman–Crippen LogP) is 1.84. The Balaban J connectivity index is 2.33. The molecule has 0 saturated carbocycles. The van der Waals surface area contributed by atoms with Crippen LogP contribution in [0.2, 0.25) is 5.15 Å². The first-order valence-corrected chi connectivity index (χ1v) is 5.81. The molecular formula is C12H12ClN3O3. The average molecular weight is 282 g/mol. The lowest BCUT2D eigenvalue weighted by molar-refractivity contribution is 0.373. The molecule has 0 spiro atoms. The molecule has 1 aromatic carbocycles. The number of rotatable bonds is 4. The highest BCUT2D eigenvalue weighted by Crippen LogP contribution is 2.29. The maximum Gasteiger partial charge on any atom is 0.197 e. The van der Waals surface area contributed by atoms with Crippen molar-refractivity contribution in [2.24, 2.45) is 0 Å². The van der Waals surface area contributed by atoms with E-state index < -0.39 is 0 Å². The number of methoxy groups -OCH3 is 2. The highest BCUT2D eigenvalue weighted by atomic mass is 35.5. The summed E-state index contributed by atoms with van der Waals surface area (Å²) in [7, 11) is 2.98. The van der Waals surface area contributed by atoms with Gasteiger partial charge in [0.1, 0.15) is 5.69 Å². The Bertz CT molecular complexity index is 592. The standard InChI is InChI=1S/C12H12ClN3O3/c1-18-10-6-7(3-4-9(10)17)5-8-11(19-2)12(13)15-16-14-8/h3-4,6,17H,5H2,1-2H3. The Hall–Kier alpha value is -2.08. The highest BCUT2D eigenvalue weighted by molar-refractivity contribution is 6.30. The van der Waals surface area contributed by atoms with Crippen molar-refractivity contribution in [1.29, 1.82) is 0 Å². The van der Waals surface area contributed by atoms with Gasteiger partial charge in [-0.3, -0.25) is 0 Å². The normalized spacial score (nSPS) is 10.3. The number of hydrogen-bond donors (Lipinski definition) is 1. The van der Waals surface area contributed by atoms with Gasteiger partial charge in [-0.05, 0) is 22.9 Å². The summed E-state index contributed by atoms with van der Waals surface area (Å²) < 4.78 is 10.2. The third-order valence-electron chi connectivity index (χ3n) is 2.57. The predicted molar refractivity (Wildman–Crippen MR) is 68.9 cm³/mol. The van der Waals surface area contributed by atoms with Gasteiger partial charge >= 0.3 is 0 Å². The number of benzene rings is 1. The van der Waals surface area contributed by atoms with Crippen molar-refractivity contribution in [3.05, 3.63) is 34.6 Å². The van der Waals surface area contributed by atoms with Gasteiger partial charge < -0.3 is 14.6 Å². The van der Waals surface area contributed by atoms with Crippen molar-refractivity contribution in [1.82, 2.24) is 15.4 Å². The molecule has 2 rings (SSSR count). The zero-order valence-corrected chi connectivity index (χ0v) is 11.2. The smallest absolute Gasteiger partial charge is 0.197 e. The van der Waals surface area contributed by atoms with E-state index in [0.29, 0.717) is 23.6 Å². The number of hydrogen-bond acceptors (Lipinski definition) is 6. The van der Waals surface area contributed by atoms with Gasteiger partial charge in [-0.1, -0.05) is 17.7 Å². The van der Waals surface area contributed by atoms with Crippen LogP contribution in [-0.2, 0) is 6.42 Å². The van der Waals surface area contributed by atoms with Crippen molar-refractivity contribution in [3.8, 4) is 17.2 Å². The molecule has 1 heterocycles. The van der Waals surface area contributed by atoms with Crippen molar-refractivity contribution in [2.45, 2.75) is 6.42 Å². The van der Waals surface area contributed by atoms with E-state index in [1.807, 2.05) is 0 Å². The first kappa shape index (κ1) is 13.4. The molecule has 2 aromatic rings. The maximum atomic E-state index is 9.54. The van der Waals surface area contributed by atoms with Crippen LogP contribution in [0, 0.1) is 0 Å². The molecule has 0 bridgehead atoms. The summed E-state index contributed by atoms with van der Waals surface area (Å²) in [5.74, 6) is 0.866. The summed E-state index contributed by atoms with van der Waals surface area (Å²) in [6.07, 6.45) is 0.440. The number of phenols is 1. The zero-order chi connectivity index (χ0) is 13.8. The van der Waals surface area contributed by atoms with Gasteiger partial charge in [-0.25, -0.2) is 0 Å². The number of aromatic hydroxyl groups is 1. The van der Waals surface area contributed by atoms with Crippen molar-refractivity contribution < 1.29 is 14.6 Å². The highest BCUT2D eigenvalue weighted by Gasteiger charge is 2.13. The van der Waals surface area contributed by atoms with E-state index in [1.54, 1.807) is 18.2 Å². The van der Waals surface area contributed by atoms with Crippen LogP contribution in [0.1, 0.15) is 11.3 Å². The van der Waals surface area contributed by atoms with E-state index in [-0.39, 0.29) is 10.9 Å². The Morgan fingerprint density at radius 2 is 2.00 bits per heavy atom. The van der Waals surface area contributed by atoms with E-state index in [9.17, 15) is 5.11 Å². The SMILES string of the molecule is COc1cc(Cc2nnnc(Cl)c2OC)ccc1O. The summed E-state index contributed by atoms with van der Waals surface area (Å²) in [6, 6.07) is 5.02. The van der Waals surface area contributed by atoms with Crippen molar-refractivity contribution >= 4 is 11.6 Å². The summed E-state index contributed by atoms with van der Waals surface area (Å²) in [5, 5.41) is 20.8. The van der Waals surface area contributed by atoms with E-state index in [0.717, 1.165) is 5.56 Å². The van der Waals surface area contributed by atoms with Gasteiger partial charge in [0.15, 0.2) is 22.4 Å². The van der Waals surface area contributed by atoms with Gasteiger partial charge in [0.05, 0.1) is 14.2 Å². The molecule has 0 fully saturated rings. The van der Waals surface area contributed by atoms with Gasteiger partial charge in [0, 0.05) is 6.42 Å². The number of phenolic OH excluding ortho intramolecular Hbond substituents is 1. The van der Waals surface area contributed by atoms with Gasteiger partial charge in [-0.2, -0.15) is 0 Å². The lowest BCUT2D eigenvalue weighted by atomic mass is 10.1. The molecular weight excluding hydrogens is 270 g/mol. The third kappa shape index (κ3) is 2.85. The monoisotopic (exact) mass is 281 g/mol. The molecule has 0 aliphatic carbocycles. The quantitative estimate of drug-likeness (QED) is 0.921. The first-order valence-electron chi connectivity index (χ1n) is 5.43. The minimum absolute atomic E-state index is 0.0806. The molecule has 1 N–H and O–H groups in total. The minimum atomic E-state index is 0.0806. The molecule has 19 heavy (non-hydrogen) atoms. The molecule has 100 valence electrons. The van der Waals surface area contributed by atoms with Crippen LogP contribution in [0.5, 0.6) is 17.2 Å². The average Bonchev–Trinajstić information content (AvgIpc) is 2.41. The molecule has 6 nitrogen and oxygen atoms in total. The van der Waals surface area contributed by atoms with Gasteiger partial charge in [-0.15, -0.1) is 10.2 Å². The van der Waals surface area contributed by atoms with Crippen LogP contribution < -0.4 is 9.47 Å². The van der Waals surface area contributed by atoms with E-state index in [2.05, 4.69) is 15.4 Å². The number of nitrogens with zero attached hydrogens (tertiary/aromatic N) is 3. The lowest BCUT2D eigenvalue weighted by Gasteiger charge is -2.09. The van der Waals surface area contributed by atoms with Crippen molar-refractivity contribution in [2.75, 3.05) is 14.2 Å². The van der Waals surface area contributed by atoms with E-state index in [4.69, 9.17) is 21.1 Å². The Morgan fingerprint density at radius 3 is 2.68 bits per heavy atom. The summed E-state index contributed by atoms with van der Waals surface area (Å²) in [6.45, 7) is 0. The summed E-state index contributed by atoms with van der Waals surface area (Å²) in [5.41, 5.74) is 1.44. The molecule has 0 atom stereocenters. The molecule has 1 aromatic heterocycles. The maximum absolute atomic E-state index is 9.54. The van der Waals surface area contributed by atoms with Crippen LogP contribution in [0.25, 0.3) is 0 Å². The number of halogens is 1. The second-order valence-corrected chi connectivity index (χ2v) is 4.10.